The summed E-state index contributed by atoms with van der Waals surface area (Å²) in [5.74, 6) is 0.884. The first kappa shape index (κ1) is 9.68. The highest BCUT2D eigenvalue weighted by Gasteiger charge is 2.06. The highest BCUT2D eigenvalue weighted by Crippen LogP contribution is 2.37. The molecule has 0 aliphatic heterocycles. The van der Waals surface area contributed by atoms with Crippen molar-refractivity contribution in [1.29, 1.82) is 0 Å². The molecule has 74 valence electrons. The van der Waals surface area contributed by atoms with Gasteiger partial charge in [0, 0.05) is 15.0 Å². The van der Waals surface area contributed by atoms with Crippen molar-refractivity contribution in [2.24, 2.45) is 0 Å². The summed E-state index contributed by atoms with van der Waals surface area (Å²) in [5, 5.41) is 1.86. The Morgan fingerprint density at radius 1 is 1.50 bits per heavy atom. The van der Waals surface area contributed by atoms with E-state index in [1.165, 1.54) is 0 Å². The van der Waals surface area contributed by atoms with E-state index in [2.05, 4.69) is 12.6 Å². The van der Waals surface area contributed by atoms with Crippen molar-refractivity contribution in [3.05, 3.63) is 18.2 Å². The lowest BCUT2D eigenvalue weighted by molar-refractivity contribution is 0.341. The zero-order valence-electron chi connectivity index (χ0n) is 7.78. The van der Waals surface area contributed by atoms with Crippen LogP contribution in [0.3, 0.4) is 0 Å². The molecule has 0 aliphatic rings. The highest BCUT2D eigenvalue weighted by molar-refractivity contribution is 7.81. The molecule has 0 saturated carbocycles. The molecule has 0 amide bonds. The zero-order valence-corrected chi connectivity index (χ0v) is 9.49. The molecule has 0 saturated heterocycles. The Labute approximate surface area is 92.1 Å². The van der Waals surface area contributed by atoms with Gasteiger partial charge in [0.05, 0.1) is 6.61 Å². The molecule has 0 aliphatic carbocycles. The third kappa shape index (κ3) is 1.55. The quantitative estimate of drug-likeness (QED) is 0.770. The molecule has 0 radical (unpaired) electrons. The summed E-state index contributed by atoms with van der Waals surface area (Å²) in [5.41, 5.74) is 5.78. The Kier molecular flexibility index (Phi) is 2.56. The molecule has 0 spiro atoms. The van der Waals surface area contributed by atoms with Crippen LogP contribution in [0, 0.1) is 0 Å². The van der Waals surface area contributed by atoms with Crippen LogP contribution in [0.4, 0.5) is 5.00 Å². The SMILES string of the molecule is CCOc1ccc2c(S)c(N)sc2c1. The first-order valence-corrected chi connectivity index (χ1v) is 5.62. The Morgan fingerprint density at radius 3 is 3.00 bits per heavy atom. The lowest BCUT2D eigenvalue weighted by Crippen LogP contribution is -1.89. The number of nitrogens with two attached hydrogens (primary N) is 1. The molecule has 0 unspecified atom stereocenters. The fourth-order valence-electron chi connectivity index (χ4n) is 1.34. The van der Waals surface area contributed by atoms with E-state index in [0.717, 1.165) is 25.7 Å². The van der Waals surface area contributed by atoms with Crippen LogP contribution >= 0.6 is 24.0 Å². The minimum Gasteiger partial charge on any atom is -0.494 e. The van der Waals surface area contributed by atoms with Gasteiger partial charge in [-0.1, -0.05) is 0 Å². The number of fused-ring (bicyclic) bond motifs is 1. The van der Waals surface area contributed by atoms with Gasteiger partial charge in [0.2, 0.25) is 0 Å². The van der Waals surface area contributed by atoms with Gasteiger partial charge in [0.25, 0.3) is 0 Å². The van der Waals surface area contributed by atoms with Gasteiger partial charge in [-0.15, -0.1) is 24.0 Å². The maximum Gasteiger partial charge on any atom is 0.120 e. The molecule has 14 heavy (non-hydrogen) atoms. The van der Waals surface area contributed by atoms with Crippen molar-refractivity contribution >= 4 is 39.1 Å². The minimum atomic E-state index is 0.681. The van der Waals surface area contributed by atoms with Gasteiger partial charge in [-0.25, -0.2) is 0 Å². The van der Waals surface area contributed by atoms with E-state index < -0.39 is 0 Å². The van der Waals surface area contributed by atoms with Crippen LogP contribution in [0.2, 0.25) is 0 Å². The van der Waals surface area contributed by atoms with Crippen LogP contribution in [0.15, 0.2) is 23.1 Å². The van der Waals surface area contributed by atoms with Gasteiger partial charge in [-0.3, -0.25) is 0 Å². The van der Waals surface area contributed by atoms with E-state index in [0.29, 0.717) is 6.61 Å². The van der Waals surface area contributed by atoms with Gasteiger partial charge in [0.1, 0.15) is 10.8 Å². The molecule has 2 aromatic rings. The molecular formula is C10H11NOS2. The normalized spacial score (nSPS) is 10.7. The maximum atomic E-state index is 5.78. The Morgan fingerprint density at radius 2 is 2.29 bits per heavy atom. The molecule has 0 atom stereocenters. The Balaban J connectivity index is 2.56. The maximum absolute atomic E-state index is 5.78. The van der Waals surface area contributed by atoms with Crippen LogP contribution in [0.1, 0.15) is 6.92 Å². The summed E-state index contributed by atoms with van der Waals surface area (Å²) in [6.45, 7) is 2.65. The molecule has 1 aromatic carbocycles. The van der Waals surface area contributed by atoms with Gasteiger partial charge < -0.3 is 10.5 Å². The van der Waals surface area contributed by atoms with Crippen LogP contribution in [-0.2, 0) is 0 Å². The van der Waals surface area contributed by atoms with E-state index in [1.807, 2.05) is 25.1 Å². The van der Waals surface area contributed by atoms with E-state index in [1.54, 1.807) is 11.3 Å². The molecule has 1 heterocycles. The third-order valence-electron chi connectivity index (χ3n) is 1.97. The summed E-state index contributed by atoms with van der Waals surface area (Å²) < 4.78 is 6.53. The van der Waals surface area contributed by atoms with Gasteiger partial charge in [-0.05, 0) is 25.1 Å². The van der Waals surface area contributed by atoms with Crippen LogP contribution < -0.4 is 10.5 Å². The largest absolute Gasteiger partial charge is 0.494 e. The van der Waals surface area contributed by atoms with E-state index in [4.69, 9.17) is 10.5 Å². The van der Waals surface area contributed by atoms with Crippen molar-refractivity contribution in [1.82, 2.24) is 0 Å². The number of thiophene rings is 1. The number of rotatable bonds is 2. The first-order chi connectivity index (χ1) is 6.72. The van der Waals surface area contributed by atoms with Crippen LogP contribution in [0.5, 0.6) is 5.75 Å². The smallest absolute Gasteiger partial charge is 0.120 e. The lowest BCUT2D eigenvalue weighted by Gasteiger charge is -2.01. The highest BCUT2D eigenvalue weighted by atomic mass is 32.1. The zero-order chi connectivity index (χ0) is 10.1. The predicted octanol–water partition coefficient (Wildman–Crippen LogP) is 3.17. The van der Waals surface area contributed by atoms with Crippen molar-refractivity contribution in [3.63, 3.8) is 0 Å². The molecule has 2 rings (SSSR count). The van der Waals surface area contributed by atoms with E-state index in [9.17, 15) is 0 Å². The molecule has 2 N–H and O–H groups in total. The fraction of sp³-hybridized carbons (Fsp3) is 0.200. The van der Waals surface area contributed by atoms with Gasteiger partial charge >= 0.3 is 0 Å². The molecular weight excluding hydrogens is 214 g/mol. The van der Waals surface area contributed by atoms with E-state index >= 15 is 0 Å². The number of benzene rings is 1. The molecule has 1 aromatic heterocycles. The molecule has 4 heteroatoms. The minimum absolute atomic E-state index is 0.681. The average Bonchev–Trinajstić information content (AvgIpc) is 2.43. The Bertz CT molecular complexity index is 464. The molecule has 2 nitrogen and oxygen atoms in total. The number of anilines is 1. The summed E-state index contributed by atoms with van der Waals surface area (Å²) in [4.78, 5) is 0.869. The monoisotopic (exact) mass is 225 g/mol. The van der Waals surface area contributed by atoms with Crippen molar-refractivity contribution in [2.45, 2.75) is 11.8 Å². The molecule has 0 bridgehead atoms. The number of nitrogen functional groups attached to an aromatic ring is 1. The van der Waals surface area contributed by atoms with Crippen molar-refractivity contribution < 1.29 is 4.74 Å². The number of hydrogen-bond donors (Lipinski definition) is 2. The number of thiol groups is 1. The fourth-order valence-corrected chi connectivity index (χ4v) is 2.64. The predicted molar refractivity (Wildman–Crippen MR) is 64.7 cm³/mol. The summed E-state index contributed by atoms with van der Waals surface area (Å²) in [6.07, 6.45) is 0. The first-order valence-electron chi connectivity index (χ1n) is 4.36. The lowest BCUT2D eigenvalue weighted by atomic mass is 10.2. The standard InChI is InChI=1S/C10H11NOS2/c1-2-12-6-3-4-7-8(5-6)14-10(11)9(7)13/h3-5,13H,2,11H2,1H3. The van der Waals surface area contributed by atoms with E-state index in [-0.39, 0.29) is 0 Å². The average molecular weight is 225 g/mol. The second-order valence-electron chi connectivity index (χ2n) is 2.91. The van der Waals surface area contributed by atoms with Gasteiger partial charge in [0.15, 0.2) is 0 Å². The number of hydrogen-bond acceptors (Lipinski definition) is 4. The number of ether oxygens (including phenoxy) is 1. The molecule has 0 fully saturated rings. The summed E-state index contributed by atoms with van der Waals surface area (Å²) in [7, 11) is 0. The van der Waals surface area contributed by atoms with Gasteiger partial charge in [-0.2, -0.15) is 0 Å². The topological polar surface area (TPSA) is 35.2 Å². The van der Waals surface area contributed by atoms with Crippen LogP contribution in [-0.4, -0.2) is 6.61 Å². The second kappa shape index (κ2) is 3.71. The second-order valence-corrected chi connectivity index (χ2v) is 4.44. The summed E-state index contributed by atoms with van der Waals surface area (Å²) >= 11 is 5.89. The summed E-state index contributed by atoms with van der Waals surface area (Å²) in [6, 6.07) is 5.94. The third-order valence-corrected chi connectivity index (χ3v) is 3.59. The van der Waals surface area contributed by atoms with Crippen LogP contribution in [0.25, 0.3) is 10.1 Å². The van der Waals surface area contributed by atoms with Crippen molar-refractivity contribution in [2.75, 3.05) is 12.3 Å². The van der Waals surface area contributed by atoms with Crippen molar-refractivity contribution in [3.8, 4) is 5.75 Å². The Hall–Kier alpha value is -0.870.